The number of nitrogens with two attached hydrogens (primary N) is 1. The zero-order valence-electron chi connectivity index (χ0n) is 9.31. The zero-order chi connectivity index (χ0) is 11.3. The summed E-state index contributed by atoms with van der Waals surface area (Å²) in [6.07, 6.45) is -0.403. The second-order valence-corrected chi connectivity index (χ2v) is 5.02. The molecule has 2 nitrogen and oxygen atoms in total. The van der Waals surface area contributed by atoms with Crippen LogP contribution in [-0.4, -0.2) is 23.5 Å². The Bertz CT molecular complexity index is 284. The lowest BCUT2D eigenvalue weighted by Gasteiger charge is -2.08. The summed E-state index contributed by atoms with van der Waals surface area (Å²) in [5.41, 5.74) is 6.68. The van der Waals surface area contributed by atoms with Gasteiger partial charge in [0.25, 0.3) is 0 Å². The molecular formula is C12H19NOS. The summed E-state index contributed by atoms with van der Waals surface area (Å²) in [6, 6.07) is 8.48. The highest BCUT2D eigenvalue weighted by molar-refractivity contribution is 7.99. The van der Waals surface area contributed by atoms with Crippen LogP contribution in [0, 0.1) is 0 Å². The van der Waals surface area contributed by atoms with Gasteiger partial charge in [0.2, 0.25) is 0 Å². The molecule has 0 aliphatic carbocycles. The Morgan fingerprint density at radius 2 is 1.87 bits per heavy atom. The van der Waals surface area contributed by atoms with Gasteiger partial charge in [-0.25, -0.2) is 0 Å². The zero-order valence-corrected chi connectivity index (χ0v) is 10.1. The van der Waals surface area contributed by atoms with Crippen molar-refractivity contribution in [3.8, 4) is 0 Å². The fraction of sp³-hybridized carbons (Fsp3) is 0.500. The lowest BCUT2D eigenvalue weighted by atomic mass is 10.0. The minimum absolute atomic E-state index is 0.330. The van der Waals surface area contributed by atoms with E-state index in [4.69, 9.17) is 5.73 Å². The Labute approximate surface area is 95.9 Å². The van der Waals surface area contributed by atoms with Crippen molar-refractivity contribution in [2.45, 2.75) is 30.8 Å². The molecule has 1 atom stereocenters. The predicted octanol–water partition coefficient (Wildman–Crippen LogP) is 2.22. The molecule has 3 heteroatoms. The van der Waals surface area contributed by atoms with Crippen molar-refractivity contribution >= 4 is 11.8 Å². The van der Waals surface area contributed by atoms with E-state index in [1.807, 2.05) is 0 Å². The number of benzene rings is 1. The van der Waals surface area contributed by atoms with Gasteiger partial charge in [0.1, 0.15) is 0 Å². The summed E-state index contributed by atoms with van der Waals surface area (Å²) in [6.45, 7) is 4.69. The van der Waals surface area contributed by atoms with Crippen molar-refractivity contribution in [3.63, 3.8) is 0 Å². The van der Waals surface area contributed by atoms with Crippen LogP contribution in [0.15, 0.2) is 29.2 Å². The molecule has 0 saturated heterocycles. The topological polar surface area (TPSA) is 46.2 Å². The average molecular weight is 225 g/mol. The molecule has 0 radical (unpaired) electrons. The monoisotopic (exact) mass is 225 g/mol. The van der Waals surface area contributed by atoms with Gasteiger partial charge in [-0.1, -0.05) is 26.0 Å². The fourth-order valence-corrected chi connectivity index (χ4v) is 2.06. The van der Waals surface area contributed by atoms with E-state index in [9.17, 15) is 5.11 Å². The highest BCUT2D eigenvalue weighted by Gasteiger charge is 2.03. The maximum atomic E-state index is 9.32. The number of thioether (sulfide) groups is 1. The molecule has 1 unspecified atom stereocenters. The van der Waals surface area contributed by atoms with Crippen molar-refractivity contribution in [1.82, 2.24) is 0 Å². The smallest absolute Gasteiger partial charge is 0.0756 e. The van der Waals surface area contributed by atoms with Gasteiger partial charge >= 0.3 is 0 Å². The number of rotatable bonds is 5. The molecule has 0 fully saturated rings. The molecule has 1 aromatic carbocycles. The molecule has 3 N–H and O–H groups in total. The van der Waals surface area contributed by atoms with Crippen LogP contribution in [0.1, 0.15) is 25.3 Å². The molecule has 0 aliphatic heterocycles. The van der Waals surface area contributed by atoms with E-state index in [-0.39, 0.29) is 0 Å². The van der Waals surface area contributed by atoms with Crippen LogP contribution < -0.4 is 5.73 Å². The van der Waals surface area contributed by atoms with E-state index in [2.05, 4.69) is 38.1 Å². The maximum Gasteiger partial charge on any atom is 0.0756 e. The van der Waals surface area contributed by atoms with Crippen LogP contribution >= 0.6 is 11.8 Å². The summed E-state index contributed by atoms with van der Waals surface area (Å²) in [7, 11) is 0. The van der Waals surface area contributed by atoms with Crippen LogP contribution in [0.4, 0.5) is 0 Å². The van der Waals surface area contributed by atoms with Crippen LogP contribution in [0.5, 0.6) is 0 Å². The molecular weight excluding hydrogens is 206 g/mol. The first kappa shape index (κ1) is 12.6. The second-order valence-electron chi connectivity index (χ2n) is 3.92. The van der Waals surface area contributed by atoms with Crippen LogP contribution in [0.25, 0.3) is 0 Å². The second kappa shape index (κ2) is 6.16. The molecule has 1 rings (SSSR count). The number of hydrogen-bond donors (Lipinski definition) is 2. The van der Waals surface area contributed by atoms with E-state index in [0.29, 0.717) is 18.2 Å². The minimum Gasteiger partial charge on any atom is -0.391 e. The van der Waals surface area contributed by atoms with Gasteiger partial charge in [0.05, 0.1) is 6.10 Å². The highest BCUT2D eigenvalue weighted by atomic mass is 32.2. The van der Waals surface area contributed by atoms with E-state index < -0.39 is 6.10 Å². The molecule has 0 spiro atoms. The summed E-state index contributed by atoms with van der Waals surface area (Å²) in [4.78, 5) is 1.19. The van der Waals surface area contributed by atoms with Gasteiger partial charge < -0.3 is 10.8 Å². The largest absolute Gasteiger partial charge is 0.391 e. The third-order valence-electron chi connectivity index (χ3n) is 2.26. The van der Waals surface area contributed by atoms with Crippen molar-refractivity contribution in [2.75, 3.05) is 12.3 Å². The Hall–Kier alpha value is -0.510. The van der Waals surface area contributed by atoms with Gasteiger partial charge in [0, 0.05) is 17.2 Å². The van der Waals surface area contributed by atoms with Crippen LogP contribution in [0.2, 0.25) is 0 Å². The third-order valence-corrected chi connectivity index (χ3v) is 3.42. The summed E-state index contributed by atoms with van der Waals surface area (Å²) in [5.74, 6) is 1.23. The summed E-state index contributed by atoms with van der Waals surface area (Å²) >= 11 is 1.64. The lowest BCUT2D eigenvalue weighted by Crippen LogP contribution is -2.21. The average Bonchev–Trinajstić information content (AvgIpc) is 2.26. The molecule has 0 bridgehead atoms. The molecule has 84 valence electrons. The van der Waals surface area contributed by atoms with Crippen molar-refractivity contribution in [1.29, 1.82) is 0 Å². The Kier molecular flexibility index (Phi) is 5.15. The maximum absolute atomic E-state index is 9.32. The molecule has 0 amide bonds. The summed E-state index contributed by atoms with van der Waals surface area (Å²) in [5, 5.41) is 9.32. The first-order valence-corrected chi connectivity index (χ1v) is 6.23. The first-order chi connectivity index (χ1) is 7.13. The lowest BCUT2D eigenvalue weighted by molar-refractivity contribution is 0.208. The number of aliphatic hydroxyl groups is 1. The molecule has 0 heterocycles. The van der Waals surface area contributed by atoms with Gasteiger partial charge in [-0.15, -0.1) is 11.8 Å². The van der Waals surface area contributed by atoms with Crippen molar-refractivity contribution in [3.05, 3.63) is 29.8 Å². The summed E-state index contributed by atoms with van der Waals surface area (Å²) < 4.78 is 0. The SMILES string of the molecule is CC(C)c1ccc(SCC(O)CN)cc1. The molecule has 0 aromatic heterocycles. The van der Waals surface area contributed by atoms with E-state index in [0.717, 1.165) is 0 Å². The van der Waals surface area contributed by atoms with Crippen molar-refractivity contribution in [2.24, 2.45) is 5.73 Å². The molecule has 1 aromatic rings. The van der Waals surface area contributed by atoms with Crippen LogP contribution in [-0.2, 0) is 0 Å². The molecule has 0 aliphatic rings. The fourth-order valence-electron chi connectivity index (χ4n) is 1.21. The van der Waals surface area contributed by atoms with E-state index in [1.54, 1.807) is 11.8 Å². The van der Waals surface area contributed by atoms with E-state index in [1.165, 1.54) is 10.5 Å². The standard InChI is InChI=1S/C12H19NOS/c1-9(2)10-3-5-12(6-4-10)15-8-11(14)7-13/h3-6,9,11,14H,7-8,13H2,1-2H3. The first-order valence-electron chi connectivity index (χ1n) is 5.24. The molecule has 0 saturated carbocycles. The molecule has 15 heavy (non-hydrogen) atoms. The highest BCUT2D eigenvalue weighted by Crippen LogP contribution is 2.22. The predicted molar refractivity (Wildman–Crippen MR) is 66.3 cm³/mol. The van der Waals surface area contributed by atoms with Gasteiger partial charge in [-0.05, 0) is 23.6 Å². The van der Waals surface area contributed by atoms with Gasteiger partial charge in [0.15, 0.2) is 0 Å². The Balaban J connectivity index is 2.50. The van der Waals surface area contributed by atoms with E-state index >= 15 is 0 Å². The van der Waals surface area contributed by atoms with Gasteiger partial charge in [-0.2, -0.15) is 0 Å². The minimum atomic E-state index is -0.403. The van der Waals surface area contributed by atoms with Crippen molar-refractivity contribution < 1.29 is 5.11 Å². The number of aliphatic hydroxyl groups excluding tert-OH is 1. The van der Waals surface area contributed by atoms with Gasteiger partial charge in [-0.3, -0.25) is 0 Å². The normalized spacial score (nSPS) is 13.1. The third kappa shape index (κ3) is 4.24. The Morgan fingerprint density at radius 3 is 2.33 bits per heavy atom. The van der Waals surface area contributed by atoms with Crippen LogP contribution in [0.3, 0.4) is 0 Å². The Morgan fingerprint density at radius 1 is 1.27 bits per heavy atom. The quantitative estimate of drug-likeness (QED) is 0.755. The number of hydrogen-bond acceptors (Lipinski definition) is 3.